The second kappa shape index (κ2) is 14.8. The number of alkyl halides is 1. The minimum Gasteiger partial charge on any atom is -0.465 e. The van der Waals surface area contributed by atoms with Crippen LogP contribution in [0.3, 0.4) is 0 Å². The van der Waals surface area contributed by atoms with Crippen LogP contribution in [0.5, 0.6) is 0 Å². The molecule has 0 saturated carbocycles. The highest BCUT2D eigenvalue weighted by Gasteiger charge is 2.46. The topological polar surface area (TPSA) is 190 Å². The van der Waals surface area contributed by atoms with E-state index >= 15 is 4.39 Å². The van der Waals surface area contributed by atoms with Gasteiger partial charge in [-0.05, 0) is 33.1 Å². The van der Waals surface area contributed by atoms with Gasteiger partial charge in [0.2, 0.25) is 13.6 Å². The van der Waals surface area contributed by atoms with Crippen LogP contribution in [0.4, 0.5) is 10.2 Å². The Bertz CT molecular complexity index is 1230. The van der Waals surface area contributed by atoms with Crippen LogP contribution in [0.15, 0.2) is 12.7 Å². The van der Waals surface area contributed by atoms with Crippen LogP contribution in [-0.4, -0.2) is 81.0 Å². The van der Waals surface area contributed by atoms with Crippen molar-refractivity contribution in [3.63, 3.8) is 0 Å². The summed E-state index contributed by atoms with van der Waals surface area (Å²) in [6, 6.07) is -2.00. The third-order valence-corrected chi connectivity index (χ3v) is 9.00. The van der Waals surface area contributed by atoms with Crippen molar-refractivity contribution < 1.29 is 37.5 Å². The molecule has 0 aromatic carbocycles. The Hall–Kier alpha value is -3.00. The second-order valence-corrected chi connectivity index (χ2v) is 12.3. The number of unbranched alkanes of at least 4 members (excludes halogenated alkanes) is 2. The number of Topliss-reactive ketones (excluding diaryl/α,β-unsaturated/α-hetero) is 1. The third kappa shape index (κ3) is 8.28. The Balaban J connectivity index is 1.73. The maximum atomic E-state index is 15.1. The van der Waals surface area contributed by atoms with Gasteiger partial charge >= 0.3 is 11.9 Å². The van der Waals surface area contributed by atoms with Crippen LogP contribution >= 0.6 is 7.44 Å². The molecular formula is C25H39FN7O7P. The first kappa shape index (κ1) is 32.5. The lowest BCUT2D eigenvalue weighted by Gasteiger charge is -2.27. The summed E-state index contributed by atoms with van der Waals surface area (Å²) in [6.45, 7) is 7.29. The van der Waals surface area contributed by atoms with Crippen LogP contribution in [-0.2, 0) is 33.2 Å². The average molecular weight is 600 g/mol. The minimum absolute atomic E-state index is 0.0906. The van der Waals surface area contributed by atoms with E-state index in [-0.39, 0.29) is 42.8 Å². The molecule has 0 amide bonds. The number of fused-ring (bicyclic) bond motifs is 1. The number of nitrogens with one attached hydrogen (secondary N) is 2. The molecule has 1 aliphatic heterocycles. The highest BCUT2D eigenvalue weighted by atomic mass is 31.2. The summed E-state index contributed by atoms with van der Waals surface area (Å²) in [4.78, 5) is 49.8. The van der Waals surface area contributed by atoms with E-state index in [1.165, 1.54) is 31.1 Å². The number of nitrogens with two attached hydrogens (primary N) is 1. The number of nitrogens with zero attached hydrogens (tertiary/aromatic N) is 4. The van der Waals surface area contributed by atoms with Crippen LogP contribution < -0.4 is 15.9 Å². The van der Waals surface area contributed by atoms with Gasteiger partial charge in [0.15, 0.2) is 23.5 Å². The Kier molecular flexibility index (Phi) is 11.7. The van der Waals surface area contributed by atoms with Crippen molar-refractivity contribution in [2.75, 3.05) is 25.1 Å². The van der Waals surface area contributed by atoms with Crippen LogP contribution in [0.25, 0.3) is 11.2 Å². The zero-order valence-corrected chi connectivity index (χ0v) is 24.6. The van der Waals surface area contributed by atoms with Crippen molar-refractivity contribution in [1.29, 1.82) is 0 Å². The van der Waals surface area contributed by atoms with Crippen molar-refractivity contribution in [2.45, 2.75) is 90.4 Å². The molecule has 3 heterocycles. The molecule has 2 aromatic heterocycles. The van der Waals surface area contributed by atoms with Gasteiger partial charge in [0, 0.05) is 6.16 Å². The number of carbonyl (C=O) groups excluding carboxylic acids is 3. The van der Waals surface area contributed by atoms with E-state index in [4.69, 9.17) is 19.9 Å². The molecule has 5 atom stereocenters. The number of esters is 2. The summed E-state index contributed by atoms with van der Waals surface area (Å²) in [6.07, 6.45) is 0.347. The van der Waals surface area contributed by atoms with Crippen molar-refractivity contribution in [2.24, 2.45) is 0 Å². The number of hydrogen-bond donors (Lipinski definition) is 3. The number of ether oxygens (including phenoxy) is 3. The van der Waals surface area contributed by atoms with Crippen molar-refractivity contribution in [3.8, 4) is 0 Å². The molecule has 1 aliphatic rings. The number of aromatic nitrogens is 4. The quantitative estimate of drug-likeness (QED) is 0.145. The first-order valence-electron chi connectivity index (χ1n) is 13.8. The van der Waals surface area contributed by atoms with E-state index in [9.17, 15) is 18.9 Å². The van der Waals surface area contributed by atoms with Gasteiger partial charge in [-0.15, -0.1) is 0 Å². The molecule has 14 nitrogen and oxygen atoms in total. The van der Waals surface area contributed by atoms with E-state index in [1.807, 2.05) is 13.8 Å². The lowest BCUT2D eigenvalue weighted by molar-refractivity contribution is -0.145. The van der Waals surface area contributed by atoms with Gasteiger partial charge in [0.05, 0.1) is 19.5 Å². The number of nitrogen functional groups attached to an aromatic ring is 1. The van der Waals surface area contributed by atoms with Crippen molar-refractivity contribution in [1.82, 2.24) is 29.7 Å². The van der Waals surface area contributed by atoms with E-state index in [1.54, 1.807) is 0 Å². The number of halogens is 1. The average Bonchev–Trinajstić information content (AvgIpc) is 3.49. The lowest BCUT2D eigenvalue weighted by atomic mass is 10.1. The SMILES string of the molecule is CCCCOC(=O)[C@H](C)NP(=O)(CC[C@H]1O[C@@H](n2cnc3c(N)ncnc32)[C@@H](F)C1=O)N[C@@H](C)C(=O)OCCCC. The third-order valence-electron chi connectivity index (χ3n) is 6.51. The number of rotatable bonds is 16. The molecule has 228 valence electrons. The Morgan fingerprint density at radius 2 is 1.68 bits per heavy atom. The molecule has 0 spiro atoms. The van der Waals surface area contributed by atoms with Crippen molar-refractivity contribution >= 4 is 42.1 Å². The van der Waals surface area contributed by atoms with Gasteiger partial charge in [0.1, 0.15) is 30.0 Å². The summed E-state index contributed by atoms with van der Waals surface area (Å²) in [5.74, 6) is -2.00. The van der Waals surface area contributed by atoms with E-state index < -0.39 is 55.8 Å². The van der Waals surface area contributed by atoms with E-state index in [2.05, 4.69) is 25.1 Å². The summed E-state index contributed by atoms with van der Waals surface area (Å²) < 4.78 is 46.6. The zero-order valence-electron chi connectivity index (χ0n) is 23.7. The summed E-state index contributed by atoms with van der Waals surface area (Å²) in [5, 5.41) is 5.50. The molecule has 0 bridgehead atoms. The van der Waals surface area contributed by atoms with Gasteiger partial charge in [-0.25, -0.2) is 29.5 Å². The van der Waals surface area contributed by atoms with E-state index in [0.717, 1.165) is 12.8 Å². The molecule has 4 N–H and O–H groups in total. The number of ketones is 1. The number of hydrogen-bond acceptors (Lipinski definition) is 11. The summed E-state index contributed by atoms with van der Waals surface area (Å²) >= 11 is 0. The number of carbonyl (C=O) groups is 3. The standard InChI is InChI=1S/C25H39FN7O7P/c1-5-7-10-38-24(35)15(3)31-41(37,32-16(4)25(36)39-11-8-6-2)12-9-17-20(34)18(26)23(40-17)33-14-30-19-21(27)28-13-29-22(19)33/h13-18,23H,5-12H2,1-4H3,(H2,27,28,29)(H2,31,32,37)/t15-,16-,17+,18-,23+/m0/s1. The summed E-state index contributed by atoms with van der Waals surface area (Å²) in [7, 11) is -3.75. The van der Waals surface area contributed by atoms with Crippen LogP contribution in [0, 0.1) is 0 Å². The predicted molar refractivity (Wildman–Crippen MR) is 148 cm³/mol. The fraction of sp³-hybridized carbons (Fsp3) is 0.680. The fourth-order valence-corrected chi connectivity index (χ4v) is 6.57. The normalized spacial score (nSPS) is 20.7. The molecule has 0 radical (unpaired) electrons. The summed E-state index contributed by atoms with van der Waals surface area (Å²) in [5.41, 5.74) is 6.23. The number of imidazole rings is 1. The highest BCUT2D eigenvalue weighted by Crippen LogP contribution is 2.41. The Labute approximate surface area is 237 Å². The minimum atomic E-state index is -3.75. The molecule has 0 unspecified atom stereocenters. The van der Waals surface area contributed by atoms with Gasteiger partial charge in [-0.2, -0.15) is 0 Å². The van der Waals surface area contributed by atoms with Gasteiger partial charge in [-0.3, -0.25) is 23.5 Å². The van der Waals surface area contributed by atoms with Gasteiger partial charge in [-0.1, -0.05) is 26.7 Å². The predicted octanol–water partition coefficient (Wildman–Crippen LogP) is 2.44. The molecule has 3 rings (SSSR count). The fourth-order valence-electron chi connectivity index (χ4n) is 4.18. The Morgan fingerprint density at radius 3 is 2.24 bits per heavy atom. The largest absolute Gasteiger partial charge is 0.465 e. The molecule has 2 aromatic rings. The van der Waals surface area contributed by atoms with Crippen LogP contribution in [0.1, 0.15) is 66.0 Å². The maximum absolute atomic E-state index is 15.1. The molecular weight excluding hydrogens is 560 g/mol. The first-order chi connectivity index (χ1) is 19.5. The van der Waals surface area contributed by atoms with Gasteiger partial charge < -0.3 is 19.9 Å². The lowest BCUT2D eigenvalue weighted by Crippen LogP contribution is -2.43. The molecule has 1 saturated heterocycles. The molecule has 41 heavy (non-hydrogen) atoms. The van der Waals surface area contributed by atoms with Crippen molar-refractivity contribution in [3.05, 3.63) is 12.7 Å². The van der Waals surface area contributed by atoms with Crippen LogP contribution in [0.2, 0.25) is 0 Å². The molecule has 1 fully saturated rings. The number of anilines is 1. The van der Waals surface area contributed by atoms with Gasteiger partial charge in [0.25, 0.3) is 0 Å². The maximum Gasteiger partial charge on any atom is 0.323 e. The second-order valence-electron chi connectivity index (χ2n) is 9.90. The highest BCUT2D eigenvalue weighted by molar-refractivity contribution is 7.59. The van der Waals surface area contributed by atoms with E-state index in [0.29, 0.717) is 12.8 Å². The first-order valence-corrected chi connectivity index (χ1v) is 15.6. The Morgan fingerprint density at radius 1 is 1.10 bits per heavy atom. The molecule has 0 aliphatic carbocycles. The molecule has 16 heteroatoms. The zero-order chi connectivity index (χ0) is 30.2. The smallest absolute Gasteiger partial charge is 0.323 e. The monoisotopic (exact) mass is 599 g/mol.